The van der Waals surface area contributed by atoms with E-state index in [1.807, 2.05) is 6.07 Å². The summed E-state index contributed by atoms with van der Waals surface area (Å²) in [5.74, 6) is 0. The minimum atomic E-state index is 0.130. The second-order valence-corrected chi connectivity index (χ2v) is 4.53. The molecule has 1 heterocycles. The van der Waals surface area contributed by atoms with Crippen LogP contribution in [0, 0.1) is 6.92 Å². The number of aliphatic hydroxyl groups is 1. The maximum Gasteiger partial charge on any atom is 0.0684 e. The first-order valence-corrected chi connectivity index (χ1v) is 5.81. The molecule has 1 aliphatic heterocycles. The molecule has 86 valence electrons. The van der Waals surface area contributed by atoms with E-state index in [1.165, 1.54) is 16.8 Å². The van der Waals surface area contributed by atoms with Gasteiger partial charge in [-0.15, -0.1) is 0 Å². The van der Waals surface area contributed by atoms with Crippen LogP contribution in [0.4, 0.5) is 5.69 Å². The summed E-state index contributed by atoms with van der Waals surface area (Å²) in [7, 11) is 0. The molecule has 0 aliphatic carbocycles. The van der Waals surface area contributed by atoms with Crippen molar-refractivity contribution in [2.45, 2.75) is 26.9 Å². The molecule has 1 aromatic rings. The van der Waals surface area contributed by atoms with Crippen molar-refractivity contribution in [1.82, 2.24) is 0 Å². The van der Waals surface area contributed by atoms with E-state index in [9.17, 15) is 0 Å². The Labute approximate surface area is 97.2 Å². The van der Waals surface area contributed by atoms with Crippen LogP contribution in [-0.2, 0) is 6.61 Å². The molecule has 2 heteroatoms. The first kappa shape index (κ1) is 11.2. The molecular weight excluding hydrogens is 198 g/mol. The molecule has 0 atom stereocenters. The highest BCUT2D eigenvalue weighted by Gasteiger charge is 2.11. The van der Waals surface area contributed by atoms with Gasteiger partial charge in [-0.25, -0.2) is 0 Å². The Bertz CT molecular complexity index is 409. The fraction of sp³-hybridized carbons (Fsp3) is 0.429. The van der Waals surface area contributed by atoms with Crippen LogP contribution in [-0.4, -0.2) is 18.2 Å². The third-order valence-electron chi connectivity index (χ3n) is 3.19. The van der Waals surface area contributed by atoms with Gasteiger partial charge >= 0.3 is 0 Å². The van der Waals surface area contributed by atoms with Gasteiger partial charge < -0.3 is 10.0 Å². The minimum Gasteiger partial charge on any atom is -0.392 e. The van der Waals surface area contributed by atoms with Gasteiger partial charge in [-0.05, 0) is 43.5 Å². The van der Waals surface area contributed by atoms with Crippen LogP contribution < -0.4 is 4.90 Å². The van der Waals surface area contributed by atoms with Gasteiger partial charge in [0.15, 0.2) is 0 Å². The van der Waals surface area contributed by atoms with Crippen LogP contribution in [0.25, 0.3) is 0 Å². The lowest BCUT2D eigenvalue weighted by Crippen LogP contribution is -2.29. The van der Waals surface area contributed by atoms with Crippen LogP contribution in [0.1, 0.15) is 24.5 Å². The molecule has 0 fully saturated rings. The van der Waals surface area contributed by atoms with Crippen LogP contribution in [0.15, 0.2) is 29.8 Å². The number of nitrogens with zero attached hydrogens (tertiary/aromatic N) is 1. The molecule has 2 rings (SSSR count). The van der Waals surface area contributed by atoms with E-state index in [-0.39, 0.29) is 6.61 Å². The first-order valence-electron chi connectivity index (χ1n) is 5.81. The molecular formula is C14H19NO. The number of benzene rings is 1. The zero-order valence-electron chi connectivity index (χ0n) is 10.0. The summed E-state index contributed by atoms with van der Waals surface area (Å²) in [6.45, 7) is 6.49. The third-order valence-corrected chi connectivity index (χ3v) is 3.19. The van der Waals surface area contributed by atoms with Crippen molar-refractivity contribution in [2.75, 3.05) is 18.0 Å². The van der Waals surface area contributed by atoms with Gasteiger partial charge in [-0.3, -0.25) is 0 Å². The lowest BCUT2D eigenvalue weighted by Gasteiger charge is -2.28. The quantitative estimate of drug-likeness (QED) is 0.770. The Hall–Kier alpha value is -1.28. The van der Waals surface area contributed by atoms with E-state index in [2.05, 4.69) is 37.0 Å². The highest BCUT2D eigenvalue weighted by Crippen LogP contribution is 2.22. The highest BCUT2D eigenvalue weighted by atomic mass is 16.3. The molecule has 0 spiro atoms. The average Bonchev–Trinajstić information content (AvgIpc) is 2.29. The summed E-state index contributed by atoms with van der Waals surface area (Å²) in [6.07, 6.45) is 3.44. The van der Waals surface area contributed by atoms with Crippen LogP contribution >= 0.6 is 0 Å². The lowest BCUT2D eigenvalue weighted by molar-refractivity contribution is 0.281. The van der Waals surface area contributed by atoms with Gasteiger partial charge in [0, 0.05) is 18.8 Å². The molecule has 0 aromatic heterocycles. The SMILES string of the molecule is CC1=CCCN(c2ccc(CO)c(C)c2)C1. The van der Waals surface area contributed by atoms with Gasteiger partial charge in [-0.1, -0.05) is 17.7 Å². The molecule has 0 radical (unpaired) electrons. The van der Waals surface area contributed by atoms with E-state index in [1.54, 1.807) is 0 Å². The molecule has 0 saturated carbocycles. The predicted octanol–water partition coefficient (Wildman–Crippen LogP) is 2.64. The summed E-state index contributed by atoms with van der Waals surface area (Å²) in [5.41, 5.74) is 4.90. The molecule has 2 nitrogen and oxygen atoms in total. The first-order chi connectivity index (χ1) is 7.70. The van der Waals surface area contributed by atoms with E-state index in [4.69, 9.17) is 5.11 Å². The number of anilines is 1. The lowest BCUT2D eigenvalue weighted by atomic mass is 10.1. The molecule has 0 bridgehead atoms. The number of aliphatic hydroxyl groups excluding tert-OH is 1. The second kappa shape index (κ2) is 4.71. The number of aryl methyl sites for hydroxylation is 1. The van der Waals surface area contributed by atoms with Crippen LogP contribution in [0.5, 0.6) is 0 Å². The van der Waals surface area contributed by atoms with Crippen molar-refractivity contribution in [1.29, 1.82) is 0 Å². The van der Waals surface area contributed by atoms with Crippen molar-refractivity contribution in [2.24, 2.45) is 0 Å². The molecule has 1 N–H and O–H groups in total. The summed E-state index contributed by atoms with van der Waals surface area (Å²) in [6, 6.07) is 6.31. The minimum absolute atomic E-state index is 0.130. The van der Waals surface area contributed by atoms with Gasteiger partial charge in [0.1, 0.15) is 0 Å². The maximum atomic E-state index is 9.14. The summed E-state index contributed by atoms with van der Waals surface area (Å²) < 4.78 is 0. The highest BCUT2D eigenvalue weighted by molar-refractivity contribution is 5.52. The van der Waals surface area contributed by atoms with E-state index >= 15 is 0 Å². The second-order valence-electron chi connectivity index (χ2n) is 4.53. The Balaban J connectivity index is 2.21. The topological polar surface area (TPSA) is 23.5 Å². The Kier molecular flexibility index (Phi) is 3.30. The van der Waals surface area contributed by atoms with E-state index < -0.39 is 0 Å². The molecule has 16 heavy (non-hydrogen) atoms. The van der Waals surface area contributed by atoms with Crippen molar-refractivity contribution in [3.05, 3.63) is 41.0 Å². The fourth-order valence-electron chi connectivity index (χ4n) is 2.19. The molecule has 1 aliphatic rings. The molecule has 1 aromatic carbocycles. The van der Waals surface area contributed by atoms with Gasteiger partial charge in [0.25, 0.3) is 0 Å². The normalized spacial score (nSPS) is 16.2. The zero-order valence-corrected chi connectivity index (χ0v) is 10.0. The van der Waals surface area contributed by atoms with Crippen molar-refractivity contribution in [3.63, 3.8) is 0 Å². The smallest absolute Gasteiger partial charge is 0.0684 e. The number of hydrogen-bond donors (Lipinski definition) is 1. The monoisotopic (exact) mass is 217 g/mol. The van der Waals surface area contributed by atoms with Crippen molar-refractivity contribution >= 4 is 5.69 Å². The van der Waals surface area contributed by atoms with Crippen molar-refractivity contribution < 1.29 is 5.11 Å². The van der Waals surface area contributed by atoms with Gasteiger partial charge in [0.2, 0.25) is 0 Å². The Morgan fingerprint density at radius 1 is 1.31 bits per heavy atom. The Morgan fingerprint density at radius 2 is 2.12 bits per heavy atom. The number of hydrogen-bond acceptors (Lipinski definition) is 2. The largest absolute Gasteiger partial charge is 0.392 e. The average molecular weight is 217 g/mol. The predicted molar refractivity (Wildman–Crippen MR) is 67.7 cm³/mol. The number of rotatable bonds is 2. The Morgan fingerprint density at radius 3 is 2.75 bits per heavy atom. The maximum absolute atomic E-state index is 9.14. The fourth-order valence-corrected chi connectivity index (χ4v) is 2.19. The molecule has 0 unspecified atom stereocenters. The van der Waals surface area contributed by atoms with Gasteiger partial charge in [0.05, 0.1) is 6.61 Å². The van der Waals surface area contributed by atoms with Gasteiger partial charge in [-0.2, -0.15) is 0 Å². The van der Waals surface area contributed by atoms with Crippen molar-refractivity contribution in [3.8, 4) is 0 Å². The zero-order chi connectivity index (χ0) is 11.5. The van der Waals surface area contributed by atoms with Crippen LogP contribution in [0.2, 0.25) is 0 Å². The molecule has 0 amide bonds. The standard InChI is InChI=1S/C14H19NO/c1-11-4-3-7-15(9-11)14-6-5-13(10-16)12(2)8-14/h4-6,8,16H,3,7,9-10H2,1-2H3. The summed E-state index contributed by atoms with van der Waals surface area (Å²) >= 11 is 0. The third kappa shape index (κ3) is 2.27. The van der Waals surface area contributed by atoms with Crippen LogP contribution in [0.3, 0.4) is 0 Å². The summed E-state index contributed by atoms with van der Waals surface area (Å²) in [4.78, 5) is 2.39. The summed E-state index contributed by atoms with van der Waals surface area (Å²) in [5, 5.41) is 9.14. The van der Waals surface area contributed by atoms with E-state index in [0.29, 0.717) is 0 Å². The van der Waals surface area contributed by atoms with E-state index in [0.717, 1.165) is 25.1 Å². The molecule has 0 saturated heterocycles.